The normalized spacial score (nSPS) is 17.4. The Bertz CT molecular complexity index is 278. The van der Waals surface area contributed by atoms with Crippen molar-refractivity contribution in [3.05, 3.63) is 0 Å². The summed E-state index contributed by atoms with van der Waals surface area (Å²) in [6, 6.07) is 0. The molecule has 106 valence electrons. The number of esters is 1. The number of halogens is 1. The number of nitrogens with one attached hydrogen (secondary N) is 1. The van der Waals surface area contributed by atoms with Gasteiger partial charge in [-0.25, -0.2) is 0 Å². The van der Waals surface area contributed by atoms with Crippen molar-refractivity contribution in [2.75, 3.05) is 13.7 Å². The number of amides is 1. The van der Waals surface area contributed by atoms with Gasteiger partial charge in [0.2, 0.25) is 5.91 Å². The minimum absolute atomic E-state index is 0. The molecule has 1 rings (SSSR count). The maximum Gasteiger partial charge on any atom is 0.305 e. The van der Waals surface area contributed by atoms with E-state index < -0.39 is 5.54 Å². The Morgan fingerprint density at radius 2 is 1.89 bits per heavy atom. The fraction of sp³-hybridized carbons (Fsp3) is 0.833. The summed E-state index contributed by atoms with van der Waals surface area (Å²) in [5.41, 5.74) is 5.38. The lowest BCUT2D eigenvalue weighted by atomic mass is 9.82. The molecule has 0 aliphatic heterocycles. The van der Waals surface area contributed by atoms with Gasteiger partial charge in [0, 0.05) is 13.0 Å². The van der Waals surface area contributed by atoms with E-state index in [1.54, 1.807) is 0 Å². The van der Waals surface area contributed by atoms with Gasteiger partial charge in [0.1, 0.15) is 0 Å². The smallest absolute Gasteiger partial charge is 0.305 e. The highest BCUT2D eigenvalue weighted by atomic mass is 35.5. The molecule has 1 saturated carbocycles. The maximum absolute atomic E-state index is 11.9. The molecule has 5 nitrogen and oxygen atoms in total. The molecule has 6 heteroatoms. The maximum atomic E-state index is 11.9. The van der Waals surface area contributed by atoms with E-state index in [0.717, 1.165) is 32.1 Å². The molecule has 3 N–H and O–H groups in total. The van der Waals surface area contributed by atoms with Gasteiger partial charge in [-0.2, -0.15) is 0 Å². The van der Waals surface area contributed by atoms with Crippen LogP contribution in [-0.2, 0) is 14.3 Å². The van der Waals surface area contributed by atoms with E-state index in [1.165, 1.54) is 7.11 Å². The largest absolute Gasteiger partial charge is 0.469 e. The van der Waals surface area contributed by atoms with Crippen molar-refractivity contribution in [2.45, 2.75) is 50.5 Å². The summed E-state index contributed by atoms with van der Waals surface area (Å²) in [6.45, 7) is 0.479. The van der Waals surface area contributed by atoms with E-state index in [2.05, 4.69) is 10.1 Å². The number of hydrogen-bond acceptors (Lipinski definition) is 4. The van der Waals surface area contributed by atoms with Crippen LogP contribution in [0.15, 0.2) is 0 Å². The quantitative estimate of drug-likeness (QED) is 0.584. The second kappa shape index (κ2) is 8.32. The van der Waals surface area contributed by atoms with E-state index in [-0.39, 0.29) is 24.3 Å². The highest BCUT2D eigenvalue weighted by molar-refractivity contribution is 5.86. The molecule has 1 amide bonds. The lowest BCUT2D eigenvalue weighted by molar-refractivity contribution is -0.140. The predicted octanol–water partition coefficient (Wildman–Crippen LogP) is 1.14. The van der Waals surface area contributed by atoms with E-state index in [4.69, 9.17) is 5.73 Å². The molecule has 0 unspecified atom stereocenters. The lowest BCUT2D eigenvalue weighted by Gasteiger charge is -2.31. The molecule has 0 bridgehead atoms. The second-order valence-corrected chi connectivity index (χ2v) is 4.65. The van der Waals surface area contributed by atoms with Crippen molar-refractivity contribution in [3.63, 3.8) is 0 Å². The van der Waals surface area contributed by atoms with Crippen LogP contribution >= 0.6 is 12.4 Å². The average molecular weight is 279 g/mol. The van der Waals surface area contributed by atoms with Crippen LogP contribution in [0.5, 0.6) is 0 Å². The Hall–Kier alpha value is -0.810. The molecule has 1 aliphatic rings. The SMILES string of the molecule is COC(=O)CCCNC(=O)C1(N)CCCCC1.Cl. The molecule has 0 spiro atoms. The van der Waals surface area contributed by atoms with E-state index >= 15 is 0 Å². The zero-order valence-electron chi connectivity index (χ0n) is 10.9. The Morgan fingerprint density at radius 1 is 1.28 bits per heavy atom. The summed E-state index contributed by atoms with van der Waals surface area (Å²) in [5, 5.41) is 2.80. The van der Waals surface area contributed by atoms with E-state index in [9.17, 15) is 9.59 Å². The Morgan fingerprint density at radius 3 is 2.44 bits per heavy atom. The molecule has 0 aromatic heterocycles. The predicted molar refractivity (Wildman–Crippen MR) is 71.5 cm³/mol. The molecular weight excluding hydrogens is 256 g/mol. The van der Waals surface area contributed by atoms with Crippen LogP contribution < -0.4 is 11.1 Å². The van der Waals surface area contributed by atoms with Crippen molar-refractivity contribution < 1.29 is 14.3 Å². The molecule has 0 saturated heterocycles. The average Bonchev–Trinajstić information content (AvgIpc) is 2.34. The zero-order valence-corrected chi connectivity index (χ0v) is 11.7. The van der Waals surface area contributed by atoms with Crippen LogP contribution in [0.3, 0.4) is 0 Å². The standard InChI is InChI=1S/C12H22N2O3.ClH/c1-17-10(15)6-5-9-14-11(16)12(13)7-3-2-4-8-12;/h2-9,13H2,1H3,(H,14,16);1H. The Kier molecular flexibility index (Phi) is 7.95. The first-order valence-electron chi connectivity index (χ1n) is 6.22. The van der Waals surface area contributed by atoms with Gasteiger partial charge in [0.05, 0.1) is 12.6 Å². The van der Waals surface area contributed by atoms with Gasteiger partial charge in [0.15, 0.2) is 0 Å². The minimum Gasteiger partial charge on any atom is -0.469 e. The number of carbonyl (C=O) groups excluding carboxylic acids is 2. The summed E-state index contributed by atoms with van der Waals surface area (Å²) in [5.74, 6) is -0.332. The Balaban J connectivity index is 0.00000289. The van der Waals surface area contributed by atoms with Gasteiger partial charge < -0.3 is 15.8 Å². The van der Waals surface area contributed by atoms with Crippen LogP contribution in [-0.4, -0.2) is 31.1 Å². The van der Waals surface area contributed by atoms with Crippen LogP contribution in [0.4, 0.5) is 0 Å². The van der Waals surface area contributed by atoms with Gasteiger partial charge in [-0.05, 0) is 19.3 Å². The number of carbonyl (C=O) groups is 2. The Labute approximate surface area is 114 Å². The molecule has 0 aromatic rings. The van der Waals surface area contributed by atoms with Crippen LogP contribution in [0.2, 0.25) is 0 Å². The monoisotopic (exact) mass is 278 g/mol. The topological polar surface area (TPSA) is 81.4 Å². The molecule has 0 radical (unpaired) electrons. The number of ether oxygens (including phenoxy) is 1. The fourth-order valence-corrected chi connectivity index (χ4v) is 2.12. The number of nitrogens with two attached hydrogens (primary N) is 1. The van der Waals surface area contributed by atoms with Gasteiger partial charge in [0.25, 0.3) is 0 Å². The third kappa shape index (κ3) is 5.23. The summed E-state index contributed by atoms with van der Waals surface area (Å²) >= 11 is 0. The highest BCUT2D eigenvalue weighted by Gasteiger charge is 2.34. The fourth-order valence-electron chi connectivity index (χ4n) is 2.12. The van der Waals surface area contributed by atoms with E-state index in [0.29, 0.717) is 19.4 Å². The molecule has 0 aromatic carbocycles. The van der Waals surface area contributed by atoms with Gasteiger partial charge in [-0.15, -0.1) is 12.4 Å². The van der Waals surface area contributed by atoms with Crippen molar-refractivity contribution >= 4 is 24.3 Å². The summed E-state index contributed by atoms with van der Waals surface area (Å²) in [6.07, 6.45) is 5.64. The van der Waals surface area contributed by atoms with Crippen molar-refractivity contribution in [2.24, 2.45) is 5.73 Å². The van der Waals surface area contributed by atoms with Crippen molar-refractivity contribution in [1.82, 2.24) is 5.32 Å². The summed E-state index contributed by atoms with van der Waals surface area (Å²) < 4.78 is 4.52. The number of rotatable bonds is 5. The molecular formula is C12H23ClN2O3. The van der Waals surface area contributed by atoms with Crippen molar-refractivity contribution in [1.29, 1.82) is 0 Å². The van der Waals surface area contributed by atoms with Crippen LogP contribution in [0.1, 0.15) is 44.9 Å². The van der Waals surface area contributed by atoms with Crippen LogP contribution in [0, 0.1) is 0 Å². The third-order valence-corrected chi connectivity index (χ3v) is 3.27. The second-order valence-electron chi connectivity index (χ2n) is 4.65. The molecule has 1 fully saturated rings. The van der Waals surface area contributed by atoms with Crippen molar-refractivity contribution in [3.8, 4) is 0 Å². The van der Waals surface area contributed by atoms with Crippen LogP contribution in [0.25, 0.3) is 0 Å². The first-order valence-corrected chi connectivity index (χ1v) is 6.22. The molecule has 0 heterocycles. The molecule has 18 heavy (non-hydrogen) atoms. The van der Waals surface area contributed by atoms with Gasteiger partial charge in [-0.3, -0.25) is 9.59 Å². The first kappa shape index (κ1) is 17.2. The molecule has 1 aliphatic carbocycles. The van der Waals surface area contributed by atoms with E-state index in [1.807, 2.05) is 0 Å². The third-order valence-electron chi connectivity index (χ3n) is 3.27. The zero-order chi connectivity index (χ0) is 12.7. The summed E-state index contributed by atoms with van der Waals surface area (Å²) in [7, 11) is 1.36. The van der Waals surface area contributed by atoms with Gasteiger partial charge >= 0.3 is 5.97 Å². The van der Waals surface area contributed by atoms with Gasteiger partial charge in [-0.1, -0.05) is 19.3 Å². The summed E-state index contributed by atoms with van der Waals surface area (Å²) in [4.78, 5) is 22.7. The first-order chi connectivity index (χ1) is 8.08. The minimum atomic E-state index is -0.691. The number of methoxy groups -OCH3 is 1. The highest BCUT2D eigenvalue weighted by Crippen LogP contribution is 2.25. The molecule has 0 atom stereocenters. The lowest BCUT2D eigenvalue weighted by Crippen LogP contribution is -2.55. The number of hydrogen-bond donors (Lipinski definition) is 2.